The van der Waals surface area contributed by atoms with Crippen LogP contribution in [0.25, 0.3) is 0 Å². The van der Waals surface area contributed by atoms with Gasteiger partial charge in [-0.15, -0.1) is 11.6 Å². The van der Waals surface area contributed by atoms with Crippen molar-refractivity contribution in [3.05, 3.63) is 28.2 Å². The van der Waals surface area contributed by atoms with Gasteiger partial charge in [0.25, 0.3) is 0 Å². The van der Waals surface area contributed by atoms with Crippen LogP contribution in [0.1, 0.15) is 12.0 Å². The van der Waals surface area contributed by atoms with Crippen LogP contribution in [0.4, 0.5) is 0 Å². The van der Waals surface area contributed by atoms with E-state index in [4.69, 9.17) is 21.2 Å². The highest BCUT2D eigenvalue weighted by atomic mass is 79.9. The summed E-state index contributed by atoms with van der Waals surface area (Å²) < 4.78 is 6.16. The average molecular weight is 305 g/mol. The molecule has 3 nitrogen and oxygen atoms in total. The van der Waals surface area contributed by atoms with Gasteiger partial charge in [0.2, 0.25) is 0 Å². The fourth-order valence-corrected chi connectivity index (χ4v) is 2.16. The number of ether oxygens (including phenoxy) is 1. The van der Waals surface area contributed by atoms with Gasteiger partial charge in [0.15, 0.2) is 0 Å². The molecule has 1 aliphatic rings. The lowest BCUT2D eigenvalue weighted by molar-refractivity contribution is 0.102. The second kappa shape index (κ2) is 5.06. The number of alkyl halides is 1. The Bertz CT molecular complexity index is 422. The number of hydrogen-bond donors (Lipinski definition) is 0. The maximum Gasteiger partial charge on any atom is 0.146 e. The van der Waals surface area contributed by atoms with E-state index in [9.17, 15) is 0 Å². The van der Waals surface area contributed by atoms with Gasteiger partial charge >= 0.3 is 0 Å². The van der Waals surface area contributed by atoms with Crippen molar-refractivity contribution in [2.45, 2.75) is 12.5 Å². The molecule has 0 saturated carbocycles. The standard InChI is InChI=1S/C11H11BrClNO2/c1-15-7-2-3-10(12)9(4-7)11-5-8(6-13)16-14-11/h2-4,8H,5-6H2,1H3. The topological polar surface area (TPSA) is 30.8 Å². The van der Waals surface area contributed by atoms with Crippen molar-refractivity contribution >= 4 is 33.2 Å². The molecule has 0 amide bonds. The van der Waals surface area contributed by atoms with Crippen LogP contribution in [0.5, 0.6) is 5.75 Å². The molecular formula is C11H11BrClNO2. The summed E-state index contributed by atoms with van der Waals surface area (Å²) in [4.78, 5) is 5.19. The maximum absolute atomic E-state index is 5.72. The van der Waals surface area contributed by atoms with Gasteiger partial charge in [-0.2, -0.15) is 0 Å². The molecule has 0 fully saturated rings. The second-order valence-corrected chi connectivity index (χ2v) is 4.63. The Morgan fingerprint density at radius 1 is 1.62 bits per heavy atom. The Morgan fingerprint density at radius 2 is 2.44 bits per heavy atom. The van der Waals surface area contributed by atoms with Crippen LogP contribution < -0.4 is 4.74 Å². The van der Waals surface area contributed by atoms with Crippen LogP contribution in [0.2, 0.25) is 0 Å². The highest BCUT2D eigenvalue weighted by molar-refractivity contribution is 9.10. The first-order chi connectivity index (χ1) is 7.74. The van der Waals surface area contributed by atoms with E-state index in [0.29, 0.717) is 5.88 Å². The van der Waals surface area contributed by atoms with Crippen LogP contribution >= 0.6 is 27.5 Å². The first-order valence-corrected chi connectivity index (χ1v) is 6.20. The fourth-order valence-electron chi connectivity index (χ4n) is 1.52. The van der Waals surface area contributed by atoms with Gasteiger partial charge in [-0.3, -0.25) is 0 Å². The lowest BCUT2D eigenvalue weighted by atomic mass is 10.1. The van der Waals surface area contributed by atoms with E-state index in [2.05, 4.69) is 21.1 Å². The Hall–Kier alpha value is -0.740. The number of benzene rings is 1. The molecule has 86 valence electrons. The van der Waals surface area contributed by atoms with Gasteiger partial charge in [0, 0.05) is 16.5 Å². The van der Waals surface area contributed by atoms with E-state index in [1.54, 1.807) is 7.11 Å². The van der Waals surface area contributed by atoms with Crippen molar-refractivity contribution in [1.82, 2.24) is 0 Å². The summed E-state index contributed by atoms with van der Waals surface area (Å²) in [6.07, 6.45) is 0.713. The molecule has 1 aromatic rings. The molecule has 1 aromatic carbocycles. The minimum atomic E-state index is -0.0187. The molecule has 16 heavy (non-hydrogen) atoms. The molecule has 1 heterocycles. The molecule has 1 aliphatic heterocycles. The van der Waals surface area contributed by atoms with Crippen LogP contribution in [0.15, 0.2) is 27.8 Å². The van der Waals surface area contributed by atoms with Crippen molar-refractivity contribution < 1.29 is 9.57 Å². The average Bonchev–Trinajstić information content (AvgIpc) is 2.78. The summed E-state index contributed by atoms with van der Waals surface area (Å²) in [7, 11) is 1.64. The maximum atomic E-state index is 5.72. The number of halogens is 2. The van der Waals surface area contributed by atoms with E-state index in [-0.39, 0.29) is 6.10 Å². The Balaban J connectivity index is 2.27. The second-order valence-electron chi connectivity index (χ2n) is 3.47. The number of nitrogens with zero attached hydrogens (tertiary/aromatic N) is 1. The molecule has 0 radical (unpaired) electrons. The first kappa shape index (κ1) is 11.7. The molecule has 0 spiro atoms. The smallest absolute Gasteiger partial charge is 0.146 e. The lowest BCUT2D eigenvalue weighted by Crippen LogP contribution is -2.10. The Labute approximate surface area is 107 Å². The Kier molecular flexibility index (Phi) is 3.71. The molecule has 2 rings (SSSR count). The molecule has 5 heteroatoms. The SMILES string of the molecule is COc1ccc(Br)c(C2=NOC(CCl)C2)c1. The van der Waals surface area contributed by atoms with Gasteiger partial charge in [-0.1, -0.05) is 21.1 Å². The summed E-state index contributed by atoms with van der Waals surface area (Å²) in [5, 5.41) is 4.04. The molecule has 0 saturated heterocycles. The summed E-state index contributed by atoms with van der Waals surface area (Å²) >= 11 is 9.21. The lowest BCUT2D eigenvalue weighted by Gasteiger charge is -2.06. The van der Waals surface area contributed by atoms with E-state index in [0.717, 1.165) is 27.9 Å². The molecule has 1 atom stereocenters. The van der Waals surface area contributed by atoms with Crippen molar-refractivity contribution in [1.29, 1.82) is 0 Å². The third-order valence-corrected chi connectivity index (χ3v) is 3.43. The minimum absolute atomic E-state index is 0.0187. The van der Waals surface area contributed by atoms with Crippen molar-refractivity contribution in [3.8, 4) is 5.75 Å². The number of methoxy groups -OCH3 is 1. The van der Waals surface area contributed by atoms with Crippen molar-refractivity contribution in [2.75, 3.05) is 13.0 Å². The minimum Gasteiger partial charge on any atom is -0.497 e. The quantitative estimate of drug-likeness (QED) is 0.803. The third kappa shape index (κ3) is 2.33. The summed E-state index contributed by atoms with van der Waals surface area (Å²) in [5.74, 6) is 1.25. The van der Waals surface area contributed by atoms with Gasteiger partial charge in [-0.05, 0) is 18.2 Å². The van der Waals surface area contributed by atoms with E-state index in [1.165, 1.54) is 0 Å². The van der Waals surface area contributed by atoms with E-state index >= 15 is 0 Å². The normalized spacial score (nSPS) is 19.2. The largest absolute Gasteiger partial charge is 0.497 e. The third-order valence-electron chi connectivity index (χ3n) is 2.39. The van der Waals surface area contributed by atoms with Gasteiger partial charge in [-0.25, -0.2) is 0 Å². The fraction of sp³-hybridized carbons (Fsp3) is 0.364. The van der Waals surface area contributed by atoms with E-state index in [1.807, 2.05) is 18.2 Å². The zero-order valence-electron chi connectivity index (χ0n) is 8.74. The monoisotopic (exact) mass is 303 g/mol. The number of hydrogen-bond acceptors (Lipinski definition) is 3. The molecule has 0 bridgehead atoms. The number of oxime groups is 1. The zero-order chi connectivity index (χ0) is 11.5. The van der Waals surface area contributed by atoms with Crippen molar-refractivity contribution in [2.24, 2.45) is 5.16 Å². The summed E-state index contributed by atoms with van der Waals surface area (Å²) in [5.41, 5.74) is 1.89. The van der Waals surface area contributed by atoms with Crippen LogP contribution in [-0.4, -0.2) is 24.8 Å². The molecular weight excluding hydrogens is 293 g/mol. The molecule has 0 N–H and O–H groups in total. The van der Waals surface area contributed by atoms with Gasteiger partial charge < -0.3 is 9.57 Å². The van der Waals surface area contributed by atoms with Crippen LogP contribution in [0.3, 0.4) is 0 Å². The predicted octanol–water partition coefficient (Wildman–Crippen LogP) is 3.19. The van der Waals surface area contributed by atoms with Gasteiger partial charge in [0.1, 0.15) is 11.9 Å². The van der Waals surface area contributed by atoms with Gasteiger partial charge in [0.05, 0.1) is 18.7 Å². The highest BCUT2D eigenvalue weighted by Crippen LogP contribution is 2.27. The zero-order valence-corrected chi connectivity index (χ0v) is 11.1. The highest BCUT2D eigenvalue weighted by Gasteiger charge is 2.22. The van der Waals surface area contributed by atoms with Crippen molar-refractivity contribution in [3.63, 3.8) is 0 Å². The Morgan fingerprint density at radius 3 is 3.06 bits per heavy atom. The number of rotatable bonds is 3. The first-order valence-electron chi connectivity index (χ1n) is 4.87. The van der Waals surface area contributed by atoms with Crippen LogP contribution in [-0.2, 0) is 4.84 Å². The summed E-state index contributed by atoms with van der Waals surface area (Å²) in [6, 6.07) is 5.76. The van der Waals surface area contributed by atoms with E-state index < -0.39 is 0 Å². The molecule has 0 aliphatic carbocycles. The summed E-state index contributed by atoms with van der Waals surface area (Å²) in [6.45, 7) is 0. The van der Waals surface area contributed by atoms with Crippen LogP contribution in [0, 0.1) is 0 Å². The molecule has 1 unspecified atom stereocenters. The predicted molar refractivity (Wildman–Crippen MR) is 67.4 cm³/mol. The molecule has 0 aromatic heterocycles.